The molecule has 5 rings (SSSR count). The number of phenols is 2. The summed E-state index contributed by atoms with van der Waals surface area (Å²) in [5.74, 6) is -4.82. The molecule has 0 bridgehead atoms. The maximum atomic E-state index is 13.8. The molecule has 1 aliphatic carbocycles. The predicted octanol–water partition coefficient (Wildman–Crippen LogP) is 1.32. The number of halogens is 1. The molecule has 2 aromatic carbocycles. The Morgan fingerprint density at radius 1 is 1.06 bits per heavy atom. The minimum absolute atomic E-state index is 0.0351. The van der Waals surface area contributed by atoms with E-state index < -0.39 is 122 Å². The van der Waals surface area contributed by atoms with Gasteiger partial charge in [0.2, 0.25) is 0 Å². The van der Waals surface area contributed by atoms with Gasteiger partial charge in [-0.05, 0) is 0 Å². The summed E-state index contributed by atoms with van der Waals surface area (Å²) in [6, 6.07) is 4.06. The second kappa shape index (κ2) is 15.0. The number of rotatable bonds is 11. The number of esters is 2. The predicted molar refractivity (Wildman–Crippen MR) is 181 cm³/mol. The van der Waals surface area contributed by atoms with E-state index in [1.807, 2.05) is 0 Å². The molecule has 3 aliphatic rings. The van der Waals surface area contributed by atoms with E-state index in [9.17, 15) is 49.5 Å². The zero-order chi connectivity index (χ0) is 36.7. The number of aromatic hydroxyl groups is 2. The van der Waals surface area contributed by atoms with Crippen molar-refractivity contribution >= 4 is 49.5 Å². The summed E-state index contributed by atoms with van der Waals surface area (Å²) < 4.78 is 22.1. The number of Topliss-reactive ketones (excluding diaryl/α,β-unsaturated/α-hetero) is 1. The number of benzene rings is 2. The number of fused-ring (bicyclic) bond motifs is 3. The Balaban J connectivity index is 1.43. The average molecular weight is 814 g/mol. The van der Waals surface area contributed by atoms with Crippen LogP contribution in [0.5, 0.6) is 11.5 Å². The molecule has 5 atom stereocenters. The molecule has 2 aliphatic heterocycles. The molecule has 6 N–H and O–H groups in total. The van der Waals surface area contributed by atoms with Crippen molar-refractivity contribution < 1.29 is 66.8 Å². The fourth-order valence-corrected chi connectivity index (χ4v) is 12.2. The third-order valence-corrected chi connectivity index (χ3v) is 14.4. The number of hydrogen-bond acceptors (Lipinski definition) is 15. The normalized spacial score (nSPS) is 25.1. The van der Waals surface area contributed by atoms with Crippen LogP contribution in [0.2, 0.25) is 0 Å². The number of carbonyl (C=O) groups excluding carboxylic acids is 5. The first-order valence-electron chi connectivity index (χ1n) is 16.0. The molecule has 5 unspecified atom stereocenters. The van der Waals surface area contributed by atoms with Crippen molar-refractivity contribution in [3.8, 4) is 11.5 Å². The van der Waals surface area contributed by atoms with Crippen LogP contribution in [0.4, 0.5) is 0 Å². The van der Waals surface area contributed by atoms with Gasteiger partial charge in [-0.15, -0.1) is 0 Å². The molecule has 0 amide bonds. The molecule has 272 valence electrons. The number of aryl methyl sites for hydroxylation is 1. The van der Waals surface area contributed by atoms with Crippen molar-refractivity contribution in [2.75, 3.05) is 17.6 Å². The molecule has 2 aromatic rings. The molecule has 16 heteroatoms. The molecule has 0 aromatic heterocycles. The van der Waals surface area contributed by atoms with E-state index in [2.05, 4.69) is 5.32 Å². The Hall–Kier alpha value is -3.52. The summed E-state index contributed by atoms with van der Waals surface area (Å²) in [7, 11) is 0. The number of aliphatic hydroxyl groups is 3. The van der Waals surface area contributed by atoms with Crippen molar-refractivity contribution in [1.82, 2.24) is 5.32 Å². The second-order valence-corrected chi connectivity index (χ2v) is 16.8. The molecular weight excluding hydrogens is 773 g/mol. The van der Waals surface area contributed by atoms with Gasteiger partial charge in [-0.2, -0.15) is 0 Å². The Labute approximate surface area is 294 Å². The number of alkyl halides is 1. The molecule has 1 fully saturated rings. The topological polar surface area (TPSA) is 235 Å². The van der Waals surface area contributed by atoms with Gasteiger partial charge in [0.25, 0.3) is 0 Å². The van der Waals surface area contributed by atoms with Gasteiger partial charge >= 0.3 is 296 Å². The average Bonchev–Trinajstić information content (AvgIpc) is 3.04. The number of ether oxygens (including phenoxy) is 3. The van der Waals surface area contributed by atoms with Gasteiger partial charge in [-0.3, -0.25) is 0 Å². The van der Waals surface area contributed by atoms with Crippen LogP contribution in [0.25, 0.3) is 0 Å². The van der Waals surface area contributed by atoms with E-state index in [-0.39, 0.29) is 37.5 Å². The molecule has 15 nitrogen and oxygen atoms in total. The van der Waals surface area contributed by atoms with Crippen LogP contribution in [-0.4, -0.2) is 109 Å². The van der Waals surface area contributed by atoms with E-state index in [0.717, 1.165) is 0 Å². The third-order valence-electron chi connectivity index (χ3n) is 8.90. The summed E-state index contributed by atoms with van der Waals surface area (Å²) >= 11 is -3.54. The standard InChI is InChI=1S/C34H40INO14/c1-15-7-5-8-19-25(15)32(44)27-26(30(19)42)31(43)20-12-34(46,22(40)13-37)14-35(28(20)33(27)45)50-24-11-21(29(41)16(2)47-24)36-10-6-9-23(48-17(3)38)49-18(4)39/h5,7-8,16,21,23-24,29,36-37,41,43,45-46H,6,9-14H2,1-4H3. The summed E-state index contributed by atoms with van der Waals surface area (Å²) in [5, 5.41) is 58.6. The summed E-state index contributed by atoms with van der Waals surface area (Å²) in [5.41, 5.74) is -2.58. The van der Waals surface area contributed by atoms with Gasteiger partial charge in [0, 0.05) is 0 Å². The summed E-state index contributed by atoms with van der Waals surface area (Å²) in [6.07, 6.45) is -3.84. The molecular formula is C34H40INO14. The van der Waals surface area contributed by atoms with Gasteiger partial charge in [0.1, 0.15) is 0 Å². The van der Waals surface area contributed by atoms with Crippen molar-refractivity contribution in [2.45, 2.75) is 89.8 Å². The molecule has 0 radical (unpaired) electrons. The molecule has 1 saturated heterocycles. The van der Waals surface area contributed by atoms with Crippen molar-refractivity contribution in [1.29, 1.82) is 0 Å². The summed E-state index contributed by atoms with van der Waals surface area (Å²) in [6.45, 7) is 4.91. The van der Waals surface area contributed by atoms with E-state index in [1.54, 1.807) is 26.0 Å². The van der Waals surface area contributed by atoms with E-state index >= 15 is 0 Å². The monoisotopic (exact) mass is 813 g/mol. The van der Waals surface area contributed by atoms with Crippen LogP contribution >= 0.6 is 20.2 Å². The Kier molecular flexibility index (Phi) is 11.3. The van der Waals surface area contributed by atoms with Gasteiger partial charge in [0.05, 0.1) is 0 Å². The van der Waals surface area contributed by atoms with Gasteiger partial charge < -0.3 is 0 Å². The van der Waals surface area contributed by atoms with E-state index in [4.69, 9.17) is 17.3 Å². The minimum atomic E-state index is -3.54. The van der Waals surface area contributed by atoms with Gasteiger partial charge in [-0.1, -0.05) is 0 Å². The number of carbonyl (C=O) groups is 5. The fourth-order valence-electron chi connectivity index (χ4n) is 6.50. The number of ketones is 3. The number of aliphatic hydroxyl groups excluding tert-OH is 2. The maximum absolute atomic E-state index is 13.8. The number of hydrogen-bond donors (Lipinski definition) is 6. The van der Waals surface area contributed by atoms with E-state index in [0.29, 0.717) is 18.5 Å². The first-order chi connectivity index (χ1) is 23.6. The quantitative estimate of drug-likeness (QED) is 0.0400. The van der Waals surface area contributed by atoms with Crippen LogP contribution < -0.4 is 5.32 Å². The third kappa shape index (κ3) is 7.28. The zero-order valence-corrected chi connectivity index (χ0v) is 30.0. The Bertz CT molecular complexity index is 1710. The van der Waals surface area contributed by atoms with Crippen LogP contribution in [0, 0.1) is 10.5 Å². The van der Waals surface area contributed by atoms with Crippen molar-refractivity contribution in [2.24, 2.45) is 0 Å². The van der Waals surface area contributed by atoms with Crippen LogP contribution in [-0.2, 0) is 38.1 Å². The second-order valence-electron chi connectivity index (χ2n) is 12.6. The molecule has 0 spiro atoms. The Morgan fingerprint density at radius 3 is 2.36 bits per heavy atom. The van der Waals surface area contributed by atoms with Gasteiger partial charge in [-0.25, -0.2) is 0 Å². The zero-order valence-electron chi connectivity index (χ0n) is 27.9. The van der Waals surface area contributed by atoms with Crippen molar-refractivity contribution in [3.63, 3.8) is 0 Å². The van der Waals surface area contributed by atoms with Gasteiger partial charge in [0.15, 0.2) is 0 Å². The SMILES string of the molecule is CC(=O)OC(CCCNC1CC(OI2CC(O)(C(=O)CO)Cc3c(O)c4c(c(O)c32)C(=O)c2c(C)cccc2C4=O)OC(C)C1O)OC(C)=O. The first-order valence-corrected chi connectivity index (χ1v) is 19.5. The molecule has 0 saturated carbocycles. The van der Waals surface area contributed by atoms with Crippen LogP contribution in [0.3, 0.4) is 0 Å². The van der Waals surface area contributed by atoms with Crippen LogP contribution in [0.15, 0.2) is 18.2 Å². The van der Waals surface area contributed by atoms with Crippen LogP contribution in [0.1, 0.15) is 83.0 Å². The first kappa shape index (κ1) is 37.7. The summed E-state index contributed by atoms with van der Waals surface area (Å²) in [4.78, 5) is 63.1. The fraction of sp³-hybridized carbons (Fsp3) is 0.500. The number of nitrogens with one attached hydrogen (secondary N) is 1. The van der Waals surface area contributed by atoms with Crippen molar-refractivity contribution in [3.05, 3.63) is 55.1 Å². The number of phenolic OH excluding ortho intramolecular Hbond substituents is 2. The van der Waals surface area contributed by atoms with E-state index in [1.165, 1.54) is 19.9 Å². The Morgan fingerprint density at radius 2 is 1.72 bits per heavy atom. The molecule has 50 heavy (non-hydrogen) atoms. The molecule has 2 heterocycles.